The Morgan fingerprint density at radius 1 is 1.14 bits per heavy atom. The molecule has 2 aromatic rings. The van der Waals surface area contributed by atoms with E-state index < -0.39 is 22.0 Å². The molecule has 1 atom stereocenters. The monoisotopic (exact) mass is 316 g/mol. The fourth-order valence-corrected chi connectivity index (χ4v) is 4.35. The molecule has 0 radical (unpaired) electrons. The minimum Gasteiger partial charge on any atom is -0.368 e. The lowest BCUT2D eigenvalue weighted by Crippen LogP contribution is -2.45. The molecular weight excluding hydrogens is 300 g/mol. The van der Waals surface area contributed by atoms with Crippen LogP contribution in [0.2, 0.25) is 0 Å². The van der Waals surface area contributed by atoms with Crippen molar-refractivity contribution in [3.63, 3.8) is 0 Å². The van der Waals surface area contributed by atoms with E-state index in [1.807, 2.05) is 19.1 Å². The largest absolute Gasteiger partial charge is 0.368 e. The molecule has 0 unspecified atom stereocenters. The van der Waals surface area contributed by atoms with Gasteiger partial charge in [-0.05, 0) is 30.7 Å². The number of benzene rings is 2. The summed E-state index contributed by atoms with van der Waals surface area (Å²) in [5.74, 6) is -0.646. The number of nitrogens with zero attached hydrogens (tertiary/aromatic N) is 1. The summed E-state index contributed by atoms with van der Waals surface area (Å²) in [7, 11) is -3.83. The van der Waals surface area contributed by atoms with Crippen molar-refractivity contribution in [3.8, 4) is 0 Å². The van der Waals surface area contributed by atoms with Gasteiger partial charge in [0.25, 0.3) is 10.0 Å². The molecule has 0 saturated heterocycles. The molecule has 1 aliphatic heterocycles. The zero-order chi connectivity index (χ0) is 15.9. The molecule has 2 aromatic carbocycles. The number of para-hydroxylation sites is 1. The van der Waals surface area contributed by atoms with Gasteiger partial charge in [-0.1, -0.05) is 35.9 Å². The van der Waals surface area contributed by atoms with Crippen LogP contribution < -0.4 is 10.0 Å². The molecule has 114 valence electrons. The van der Waals surface area contributed by atoms with Crippen molar-refractivity contribution in [2.45, 2.75) is 24.3 Å². The van der Waals surface area contributed by atoms with Crippen molar-refractivity contribution in [2.24, 2.45) is 5.73 Å². The van der Waals surface area contributed by atoms with Crippen molar-refractivity contribution in [1.82, 2.24) is 0 Å². The summed E-state index contributed by atoms with van der Waals surface area (Å²) in [6.45, 7) is 1.88. The average molecular weight is 316 g/mol. The summed E-state index contributed by atoms with van der Waals surface area (Å²) in [5, 5.41) is 0. The van der Waals surface area contributed by atoms with Gasteiger partial charge in [0.1, 0.15) is 6.04 Å². The van der Waals surface area contributed by atoms with Crippen molar-refractivity contribution >= 4 is 21.6 Å². The van der Waals surface area contributed by atoms with Crippen LogP contribution in [0.25, 0.3) is 0 Å². The van der Waals surface area contributed by atoms with Crippen molar-refractivity contribution < 1.29 is 13.2 Å². The van der Waals surface area contributed by atoms with E-state index in [0.717, 1.165) is 15.4 Å². The Labute approximate surface area is 129 Å². The molecule has 5 nitrogen and oxygen atoms in total. The molecular formula is C16H16N2O3S. The number of carbonyl (C=O) groups is 1. The number of fused-ring (bicyclic) bond motifs is 1. The van der Waals surface area contributed by atoms with Gasteiger partial charge in [-0.15, -0.1) is 0 Å². The van der Waals surface area contributed by atoms with Gasteiger partial charge in [-0.2, -0.15) is 0 Å². The first-order chi connectivity index (χ1) is 10.4. The third-order valence-corrected chi connectivity index (χ3v) is 5.67. The Morgan fingerprint density at radius 3 is 2.41 bits per heavy atom. The Hall–Kier alpha value is -2.34. The van der Waals surface area contributed by atoms with Gasteiger partial charge < -0.3 is 5.73 Å². The fourth-order valence-electron chi connectivity index (χ4n) is 2.69. The lowest BCUT2D eigenvalue weighted by Gasteiger charge is -2.25. The molecule has 0 bridgehead atoms. The second kappa shape index (κ2) is 5.14. The second-order valence-corrected chi connectivity index (χ2v) is 7.18. The van der Waals surface area contributed by atoms with E-state index in [1.54, 1.807) is 36.4 Å². The normalized spacial score (nSPS) is 17.3. The summed E-state index contributed by atoms with van der Waals surface area (Å²) in [5.41, 5.74) is 7.71. The van der Waals surface area contributed by atoms with Gasteiger partial charge in [0.15, 0.2) is 0 Å². The smallest absolute Gasteiger partial charge is 0.265 e. The first-order valence-corrected chi connectivity index (χ1v) is 8.33. The zero-order valence-electron chi connectivity index (χ0n) is 12.1. The Bertz CT molecular complexity index is 829. The highest BCUT2D eigenvalue weighted by molar-refractivity contribution is 7.93. The highest BCUT2D eigenvalue weighted by Gasteiger charge is 2.41. The topological polar surface area (TPSA) is 80.5 Å². The standard InChI is InChI=1S/C16H16N2O3S/c1-11-6-8-13(9-7-11)22(20,21)18-14-5-3-2-4-12(14)10-15(18)16(17)19/h2-9,15H,10H2,1H3,(H2,17,19)/t15-/m0/s1. The molecule has 0 fully saturated rings. The number of primary amides is 1. The van der Waals surface area contributed by atoms with Crippen molar-refractivity contribution in [3.05, 3.63) is 59.7 Å². The van der Waals surface area contributed by atoms with Crippen LogP contribution in [-0.2, 0) is 21.2 Å². The van der Waals surface area contributed by atoms with Crippen LogP contribution in [-0.4, -0.2) is 20.4 Å². The van der Waals surface area contributed by atoms with E-state index in [9.17, 15) is 13.2 Å². The molecule has 1 aliphatic rings. The highest BCUT2D eigenvalue weighted by atomic mass is 32.2. The molecule has 0 saturated carbocycles. The average Bonchev–Trinajstić information content (AvgIpc) is 2.88. The molecule has 1 heterocycles. The predicted octanol–water partition coefficient (Wildman–Crippen LogP) is 1.60. The van der Waals surface area contributed by atoms with E-state index in [0.29, 0.717) is 12.1 Å². The number of carbonyl (C=O) groups excluding carboxylic acids is 1. The molecule has 22 heavy (non-hydrogen) atoms. The van der Waals surface area contributed by atoms with E-state index >= 15 is 0 Å². The number of amides is 1. The third kappa shape index (κ3) is 2.25. The van der Waals surface area contributed by atoms with Crippen LogP contribution in [0.3, 0.4) is 0 Å². The van der Waals surface area contributed by atoms with E-state index in [2.05, 4.69) is 0 Å². The number of aryl methyl sites for hydroxylation is 1. The van der Waals surface area contributed by atoms with Gasteiger partial charge in [0.05, 0.1) is 10.6 Å². The Kier molecular flexibility index (Phi) is 3.41. The summed E-state index contributed by atoms with van der Waals surface area (Å²) in [6.07, 6.45) is 0.302. The molecule has 0 aromatic heterocycles. The zero-order valence-corrected chi connectivity index (χ0v) is 12.9. The molecule has 0 aliphatic carbocycles. The van der Waals surface area contributed by atoms with Crippen LogP contribution in [0.15, 0.2) is 53.4 Å². The number of anilines is 1. The fraction of sp³-hybridized carbons (Fsp3) is 0.188. The number of rotatable bonds is 3. The first-order valence-electron chi connectivity index (χ1n) is 6.89. The van der Waals surface area contributed by atoms with Gasteiger partial charge in [0.2, 0.25) is 5.91 Å². The van der Waals surface area contributed by atoms with Gasteiger partial charge in [-0.25, -0.2) is 8.42 Å². The molecule has 3 rings (SSSR count). The van der Waals surface area contributed by atoms with Gasteiger partial charge in [0, 0.05) is 6.42 Å². The van der Waals surface area contributed by atoms with Crippen LogP contribution in [0.4, 0.5) is 5.69 Å². The first kappa shape index (κ1) is 14.6. The minimum atomic E-state index is -3.83. The quantitative estimate of drug-likeness (QED) is 0.934. The Balaban J connectivity index is 2.14. The van der Waals surface area contributed by atoms with Crippen LogP contribution in [0, 0.1) is 6.92 Å². The SMILES string of the molecule is Cc1ccc(S(=O)(=O)N2c3ccccc3C[C@H]2C(N)=O)cc1. The maximum Gasteiger partial charge on any atom is 0.265 e. The molecule has 2 N–H and O–H groups in total. The van der Waals surface area contributed by atoms with Crippen LogP contribution in [0.1, 0.15) is 11.1 Å². The second-order valence-electron chi connectivity index (χ2n) is 5.36. The number of hydrogen-bond acceptors (Lipinski definition) is 3. The number of sulfonamides is 1. The number of hydrogen-bond donors (Lipinski definition) is 1. The molecule has 1 amide bonds. The predicted molar refractivity (Wildman–Crippen MR) is 84.0 cm³/mol. The summed E-state index contributed by atoms with van der Waals surface area (Å²) in [6, 6.07) is 12.7. The van der Waals surface area contributed by atoms with Crippen LogP contribution in [0.5, 0.6) is 0 Å². The third-order valence-electron chi connectivity index (χ3n) is 3.83. The van der Waals surface area contributed by atoms with Gasteiger partial charge in [-0.3, -0.25) is 9.10 Å². The van der Waals surface area contributed by atoms with Gasteiger partial charge >= 0.3 is 0 Å². The lowest BCUT2D eigenvalue weighted by atomic mass is 10.1. The van der Waals surface area contributed by atoms with E-state index in [1.165, 1.54) is 0 Å². The maximum absolute atomic E-state index is 12.9. The molecule has 0 spiro atoms. The Morgan fingerprint density at radius 2 is 1.77 bits per heavy atom. The van der Waals surface area contributed by atoms with E-state index in [4.69, 9.17) is 5.73 Å². The highest BCUT2D eigenvalue weighted by Crippen LogP contribution is 2.36. The van der Waals surface area contributed by atoms with E-state index in [-0.39, 0.29) is 4.90 Å². The number of nitrogens with two attached hydrogens (primary N) is 1. The maximum atomic E-state index is 12.9. The molecule has 6 heteroatoms. The van der Waals surface area contributed by atoms with Crippen LogP contribution >= 0.6 is 0 Å². The van der Waals surface area contributed by atoms with Crippen molar-refractivity contribution in [2.75, 3.05) is 4.31 Å². The summed E-state index contributed by atoms with van der Waals surface area (Å²) in [4.78, 5) is 11.9. The lowest BCUT2D eigenvalue weighted by molar-refractivity contribution is -0.118. The summed E-state index contributed by atoms with van der Waals surface area (Å²) >= 11 is 0. The minimum absolute atomic E-state index is 0.154. The summed E-state index contributed by atoms with van der Waals surface area (Å²) < 4.78 is 27.0. The van der Waals surface area contributed by atoms with Crippen molar-refractivity contribution in [1.29, 1.82) is 0 Å².